The normalized spacial score (nSPS) is 13.5. The molecule has 12 heteroatoms. The Morgan fingerprint density at radius 1 is 1.00 bits per heavy atom. The fourth-order valence-electron chi connectivity index (χ4n) is 2.43. The van der Waals surface area contributed by atoms with Crippen molar-refractivity contribution in [3.8, 4) is 17.1 Å². The summed E-state index contributed by atoms with van der Waals surface area (Å²) in [4.78, 5) is 3.76. The van der Waals surface area contributed by atoms with Crippen molar-refractivity contribution < 1.29 is 30.9 Å². The molecule has 0 saturated heterocycles. The van der Waals surface area contributed by atoms with Gasteiger partial charge in [0.1, 0.15) is 11.4 Å². The van der Waals surface area contributed by atoms with Gasteiger partial charge in [0, 0.05) is 12.3 Å². The van der Waals surface area contributed by atoms with Crippen LogP contribution in [0.1, 0.15) is 18.1 Å². The van der Waals surface area contributed by atoms with Gasteiger partial charge < -0.3 is 0 Å². The van der Waals surface area contributed by atoms with Gasteiger partial charge in [0.15, 0.2) is 16.9 Å². The molecule has 0 bridgehead atoms. The lowest BCUT2D eigenvalue weighted by Gasteiger charge is -2.08. The third kappa shape index (κ3) is 4.53. The highest BCUT2D eigenvalue weighted by Gasteiger charge is 2.36. The van der Waals surface area contributed by atoms with Crippen molar-refractivity contribution in [2.45, 2.75) is 24.2 Å². The van der Waals surface area contributed by atoms with Crippen LogP contribution in [0.25, 0.3) is 17.1 Å². The zero-order chi connectivity index (χ0) is 21.4. The number of alkyl halides is 6. The summed E-state index contributed by atoms with van der Waals surface area (Å²) in [7, 11) is 0. The summed E-state index contributed by atoms with van der Waals surface area (Å²) in [5, 5.41) is 7.64. The SMILES string of the molecule is CC[S+](O)c1cc(C(F)(F)F)cnc1-c1cn(-c2ccc(C(F)(F)F)cc2)nn1. The van der Waals surface area contributed by atoms with E-state index in [0.29, 0.717) is 6.20 Å². The van der Waals surface area contributed by atoms with Gasteiger partial charge in [-0.15, -0.1) is 5.10 Å². The van der Waals surface area contributed by atoms with Gasteiger partial charge in [-0.3, -0.25) is 0 Å². The Morgan fingerprint density at radius 2 is 1.62 bits per heavy atom. The zero-order valence-corrected chi connectivity index (χ0v) is 15.5. The van der Waals surface area contributed by atoms with E-state index in [1.807, 2.05) is 0 Å². The summed E-state index contributed by atoms with van der Waals surface area (Å²) in [5.41, 5.74) is -1.48. The van der Waals surface area contributed by atoms with E-state index >= 15 is 0 Å². The molecule has 1 aromatic carbocycles. The minimum absolute atomic E-state index is 0.0174. The predicted molar refractivity (Wildman–Crippen MR) is 93.4 cm³/mol. The van der Waals surface area contributed by atoms with Crippen LogP contribution in [-0.2, 0) is 23.5 Å². The van der Waals surface area contributed by atoms with Gasteiger partial charge in [0.25, 0.3) is 0 Å². The number of pyridine rings is 1. The first kappa shape index (κ1) is 21.1. The first-order chi connectivity index (χ1) is 13.5. The van der Waals surface area contributed by atoms with Crippen LogP contribution < -0.4 is 0 Å². The minimum Gasteiger partial charge on any atom is -0.248 e. The Morgan fingerprint density at radius 3 is 2.17 bits per heavy atom. The largest absolute Gasteiger partial charge is 0.418 e. The smallest absolute Gasteiger partial charge is 0.248 e. The maximum Gasteiger partial charge on any atom is 0.418 e. The van der Waals surface area contributed by atoms with Crippen LogP contribution in [-0.4, -0.2) is 30.3 Å². The summed E-state index contributed by atoms with van der Waals surface area (Å²) >= 11 is -1.51. The molecule has 0 amide bonds. The minimum atomic E-state index is -4.63. The van der Waals surface area contributed by atoms with Gasteiger partial charge in [-0.2, -0.15) is 30.9 Å². The molecule has 0 aliphatic carbocycles. The summed E-state index contributed by atoms with van der Waals surface area (Å²) in [5.74, 6) is 0.170. The van der Waals surface area contributed by atoms with Crippen LogP contribution in [0.15, 0.2) is 47.6 Å². The molecule has 0 aliphatic heterocycles. The van der Waals surface area contributed by atoms with Crippen LogP contribution in [0.5, 0.6) is 0 Å². The fourth-order valence-corrected chi connectivity index (χ4v) is 3.38. The Kier molecular flexibility index (Phi) is 5.59. The Balaban J connectivity index is 1.99. The predicted octanol–water partition coefficient (Wildman–Crippen LogP) is 4.84. The third-order valence-electron chi connectivity index (χ3n) is 3.90. The molecule has 0 saturated carbocycles. The van der Waals surface area contributed by atoms with Crippen LogP contribution >= 0.6 is 0 Å². The molecule has 2 aromatic heterocycles. The number of hydrogen-bond donors (Lipinski definition) is 1. The molecule has 5 nitrogen and oxygen atoms in total. The van der Waals surface area contributed by atoms with Gasteiger partial charge in [-0.05, 0) is 31.2 Å². The first-order valence-corrected chi connectivity index (χ1v) is 9.43. The third-order valence-corrected chi connectivity index (χ3v) is 5.27. The molecule has 1 unspecified atom stereocenters. The summed E-state index contributed by atoms with van der Waals surface area (Å²) in [6.45, 7) is 1.60. The van der Waals surface area contributed by atoms with E-state index < -0.39 is 34.7 Å². The van der Waals surface area contributed by atoms with Crippen molar-refractivity contribution in [1.82, 2.24) is 20.0 Å². The van der Waals surface area contributed by atoms with Crippen molar-refractivity contribution in [2.75, 3.05) is 5.75 Å². The first-order valence-electron chi connectivity index (χ1n) is 8.08. The Hall–Kier alpha value is -2.60. The molecule has 0 aliphatic rings. The van der Waals surface area contributed by atoms with Crippen LogP contribution in [0.2, 0.25) is 0 Å². The number of rotatable bonds is 4. The number of halogens is 6. The van der Waals surface area contributed by atoms with Gasteiger partial charge >= 0.3 is 12.4 Å². The van der Waals surface area contributed by atoms with Gasteiger partial charge in [-0.1, -0.05) is 5.21 Å². The molecule has 0 fully saturated rings. The molecule has 1 N–H and O–H groups in total. The topological polar surface area (TPSA) is 63.8 Å². The van der Waals surface area contributed by atoms with E-state index in [1.165, 1.54) is 23.0 Å². The highest BCUT2D eigenvalue weighted by Crippen LogP contribution is 2.34. The van der Waals surface area contributed by atoms with Crippen molar-refractivity contribution in [1.29, 1.82) is 0 Å². The Bertz CT molecular complexity index is 1000. The molecule has 1 atom stereocenters. The lowest BCUT2D eigenvalue weighted by Crippen LogP contribution is -2.12. The van der Waals surface area contributed by atoms with Gasteiger partial charge in [0.05, 0.1) is 23.0 Å². The molecule has 3 aromatic rings. The van der Waals surface area contributed by atoms with Crippen molar-refractivity contribution in [3.63, 3.8) is 0 Å². The zero-order valence-electron chi connectivity index (χ0n) is 14.7. The second-order valence-electron chi connectivity index (χ2n) is 5.81. The van der Waals surface area contributed by atoms with Crippen LogP contribution in [0.3, 0.4) is 0 Å². The molecule has 154 valence electrons. The number of nitrogens with zero attached hydrogens (tertiary/aromatic N) is 4. The van der Waals surface area contributed by atoms with E-state index in [4.69, 9.17) is 0 Å². The molecule has 3 rings (SSSR count). The average molecular weight is 435 g/mol. The van der Waals surface area contributed by atoms with E-state index in [2.05, 4.69) is 15.3 Å². The lowest BCUT2D eigenvalue weighted by atomic mass is 10.2. The second-order valence-corrected chi connectivity index (χ2v) is 7.56. The molecular formula is C17H13F6N4OS+. The van der Waals surface area contributed by atoms with Gasteiger partial charge in [-0.25, -0.2) is 9.67 Å². The number of aromatic nitrogens is 4. The molecule has 2 heterocycles. The van der Waals surface area contributed by atoms with E-state index in [1.54, 1.807) is 6.92 Å². The molecule has 0 spiro atoms. The monoisotopic (exact) mass is 435 g/mol. The van der Waals surface area contributed by atoms with Crippen molar-refractivity contribution in [3.05, 3.63) is 53.9 Å². The summed E-state index contributed by atoms with van der Waals surface area (Å²) in [6.07, 6.45) is -7.17. The number of hydrogen-bond acceptors (Lipinski definition) is 4. The van der Waals surface area contributed by atoms with Crippen LogP contribution in [0.4, 0.5) is 26.3 Å². The van der Waals surface area contributed by atoms with Crippen LogP contribution in [0, 0.1) is 0 Å². The van der Waals surface area contributed by atoms with E-state index in [-0.39, 0.29) is 27.7 Å². The van der Waals surface area contributed by atoms with Gasteiger partial charge in [0.2, 0.25) is 4.90 Å². The van der Waals surface area contributed by atoms with Crippen molar-refractivity contribution >= 4 is 11.2 Å². The Labute approximate surface area is 163 Å². The maximum absolute atomic E-state index is 13.0. The maximum atomic E-state index is 13.0. The van der Waals surface area contributed by atoms with E-state index in [0.717, 1.165) is 18.2 Å². The fraction of sp³-hybridized carbons (Fsp3) is 0.235. The second kappa shape index (κ2) is 7.67. The quantitative estimate of drug-likeness (QED) is 0.471. The lowest BCUT2D eigenvalue weighted by molar-refractivity contribution is -0.138. The molecular weight excluding hydrogens is 422 g/mol. The molecule has 0 radical (unpaired) electrons. The highest BCUT2D eigenvalue weighted by molar-refractivity contribution is 7.91. The summed E-state index contributed by atoms with van der Waals surface area (Å²) < 4.78 is 88.3. The average Bonchev–Trinajstić information content (AvgIpc) is 3.15. The molecule has 29 heavy (non-hydrogen) atoms. The number of benzene rings is 1. The summed E-state index contributed by atoms with van der Waals surface area (Å²) in [6, 6.07) is 4.93. The van der Waals surface area contributed by atoms with Crippen molar-refractivity contribution in [2.24, 2.45) is 0 Å². The standard InChI is InChI=1S/C17H13F6N4OS/c1-2-29(28)14-7-11(17(21,22)23)8-24-15(14)13-9-27(26-25-13)12-5-3-10(4-6-12)16(18,19)20/h3-9,28H,2H2,1H3/q+1. The highest BCUT2D eigenvalue weighted by atomic mass is 32.2. The van der Waals surface area contributed by atoms with E-state index in [9.17, 15) is 30.9 Å².